The fourth-order valence-corrected chi connectivity index (χ4v) is 3.83. The molecule has 2 aromatic carbocycles. The molecule has 31 heavy (non-hydrogen) atoms. The van der Waals surface area contributed by atoms with E-state index in [1.54, 1.807) is 13.0 Å². The number of hydrogen-bond donors (Lipinski definition) is 3. The lowest BCUT2D eigenvalue weighted by Gasteiger charge is -2.24. The minimum absolute atomic E-state index is 0.0764. The Labute approximate surface area is 182 Å². The molecule has 3 N–H and O–H groups in total. The van der Waals surface area contributed by atoms with Crippen LogP contribution in [0.5, 0.6) is 0 Å². The average Bonchev–Trinajstić information content (AvgIpc) is 3.15. The van der Waals surface area contributed by atoms with Gasteiger partial charge in [-0.25, -0.2) is 4.79 Å². The van der Waals surface area contributed by atoms with Crippen LogP contribution in [-0.4, -0.2) is 29.2 Å². The number of hydroxylamine groups is 1. The van der Waals surface area contributed by atoms with Crippen LogP contribution in [0.1, 0.15) is 51.2 Å². The predicted octanol–water partition coefficient (Wildman–Crippen LogP) is 5.35. The number of rotatable bonds is 8. The molecule has 1 aliphatic rings. The molecule has 0 saturated carbocycles. The highest BCUT2D eigenvalue weighted by Crippen LogP contribution is 2.43. The second kappa shape index (κ2) is 9.66. The van der Waals surface area contributed by atoms with Gasteiger partial charge in [0.05, 0.1) is 6.61 Å². The summed E-state index contributed by atoms with van der Waals surface area (Å²) >= 11 is 0. The monoisotopic (exact) mass is 420 g/mol. The van der Waals surface area contributed by atoms with Gasteiger partial charge in [-0.1, -0.05) is 68.3 Å². The Hall–Kier alpha value is -3.32. The number of carbonyl (C=O) groups excluding carboxylic acids is 1. The summed E-state index contributed by atoms with van der Waals surface area (Å²) in [5, 5.41) is 25.8. The Balaban J connectivity index is 2.04. The molecule has 0 saturated heterocycles. The normalized spacial score (nSPS) is 17.7. The zero-order chi connectivity index (χ0) is 22.4. The highest BCUT2D eigenvalue weighted by atomic mass is 16.5. The third-order valence-corrected chi connectivity index (χ3v) is 5.42. The Kier molecular flexibility index (Phi) is 6.97. The van der Waals surface area contributed by atoms with E-state index in [-0.39, 0.29) is 18.1 Å². The summed E-state index contributed by atoms with van der Waals surface area (Å²) in [5.41, 5.74) is 5.52. The minimum atomic E-state index is -0.583. The second-order valence-electron chi connectivity index (χ2n) is 7.63. The van der Waals surface area contributed by atoms with Crippen molar-refractivity contribution in [2.45, 2.75) is 45.6 Å². The van der Waals surface area contributed by atoms with Gasteiger partial charge in [0.1, 0.15) is 11.4 Å². The van der Waals surface area contributed by atoms with Crippen molar-refractivity contribution in [1.29, 1.82) is 5.41 Å². The highest BCUT2D eigenvalue weighted by Gasteiger charge is 2.39. The summed E-state index contributed by atoms with van der Waals surface area (Å²) in [6.07, 6.45) is 2.78. The molecule has 7 heteroatoms. The summed E-state index contributed by atoms with van der Waals surface area (Å²) in [4.78, 5) is 12.5. The van der Waals surface area contributed by atoms with Gasteiger partial charge >= 0.3 is 5.97 Å². The van der Waals surface area contributed by atoms with Crippen molar-refractivity contribution in [3.05, 3.63) is 65.4 Å². The van der Waals surface area contributed by atoms with Crippen LogP contribution in [0, 0.1) is 5.41 Å². The lowest BCUT2D eigenvalue weighted by Crippen LogP contribution is -2.23. The van der Waals surface area contributed by atoms with Crippen molar-refractivity contribution in [2.24, 2.45) is 10.2 Å². The summed E-state index contributed by atoms with van der Waals surface area (Å²) in [7, 11) is 0. The van der Waals surface area contributed by atoms with E-state index < -0.39 is 11.5 Å². The SMILES string of the molecule is CCCCC1(C)N=NC(C(=O)OCC)=C1c1ccc(-c2ccccc2C(=N)NO)cc1. The first-order valence-corrected chi connectivity index (χ1v) is 10.5. The molecule has 1 unspecified atom stereocenters. The molecule has 0 bridgehead atoms. The van der Waals surface area contributed by atoms with E-state index >= 15 is 0 Å². The van der Waals surface area contributed by atoms with Gasteiger partial charge < -0.3 is 4.74 Å². The third kappa shape index (κ3) is 4.56. The topological polar surface area (TPSA) is 107 Å². The van der Waals surface area contributed by atoms with Gasteiger partial charge in [-0.15, -0.1) is 5.11 Å². The summed E-state index contributed by atoms with van der Waals surface area (Å²) in [6, 6.07) is 15.1. The van der Waals surface area contributed by atoms with Gasteiger partial charge in [0.15, 0.2) is 5.70 Å². The largest absolute Gasteiger partial charge is 0.461 e. The fourth-order valence-electron chi connectivity index (χ4n) is 3.83. The molecular weight excluding hydrogens is 392 g/mol. The van der Waals surface area contributed by atoms with E-state index in [0.717, 1.165) is 41.5 Å². The second-order valence-corrected chi connectivity index (χ2v) is 7.63. The van der Waals surface area contributed by atoms with E-state index in [9.17, 15) is 4.79 Å². The zero-order valence-electron chi connectivity index (χ0n) is 18.1. The Morgan fingerprint density at radius 3 is 2.45 bits per heavy atom. The molecule has 0 fully saturated rings. The van der Waals surface area contributed by atoms with Gasteiger partial charge in [-0.05, 0) is 37.0 Å². The average molecular weight is 421 g/mol. The molecule has 0 aromatic heterocycles. The molecule has 1 aliphatic heterocycles. The summed E-state index contributed by atoms with van der Waals surface area (Å²) in [6.45, 7) is 6.17. The maximum atomic E-state index is 12.5. The molecule has 2 aromatic rings. The van der Waals surface area contributed by atoms with Crippen molar-refractivity contribution < 1.29 is 14.7 Å². The van der Waals surface area contributed by atoms with Crippen LogP contribution in [0.25, 0.3) is 16.7 Å². The number of benzene rings is 2. The maximum Gasteiger partial charge on any atom is 0.359 e. The van der Waals surface area contributed by atoms with E-state index in [1.807, 2.05) is 54.9 Å². The quantitative estimate of drug-likeness (QED) is 0.232. The van der Waals surface area contributed by atoms with Crippen molar-refractivity contribution in [3.8, 4) is 11.1 Å². The predicted molar refractivity (Wildman–Crippen MR) is 120 cm³/mol. The molecule has 0 aliphatic carbocycles. The Bertz CT molecular complexity index is 1030. The number of unbranched alkanes of at least 4 members (excludes halogenated alkanes) is 1. The molecule has 1 atom stereocenters. The Morgan fingerprint density at radius 1 is 1.13 bits per heavy atom. The third-order valence-electron chi connectivity index (χ3n) is 5.42. The molecule has 0 spiro atoms. The van der Waals surface area contributed by atoms with Crippen LogP contribution in [0.15, 0.2) is 64.5 Å². The lowest BCUT2D eigenvalue weighted by atomic mass is 9.82. The molecule has 0 amide bonds. The molecular formula is C24H28N4O3. The van der Waals surface area contributed by atoms with Crippen LogP contribution in [0.3, 0.4) is 0 Å². The number of hydrogen-bond acceptors (Lipinski definition) is 6. The number of nitrogens with zero attached hydrogens (tertiary/aromatic N) is 2. The first kappa shape index (κ1) is 22.4. The van der Waals surface area contributed by atoms with Gasteiger partial charge in [0.2, 0.25) is 0 Å². The van der Waals surface area contributed by atoms with Crippen LogP contribution in [-0.2, 0) is 9.53 Å². The highest BCUT2D eigenvalue weighted by molar-refractivity contribution is 6.02. The van der Waals surface area contributed by atoms with E-state index in [4.69, 9.17) is 15.4 Å². The summed E-state index contributed by atoms with van der Waals surface area (Å²) < 4.78 is 5.22. The molecule has 162 valence electrons. The summed E-state index contributed by atoms with van der Waals surface area (Å²) in [5.74, 6) is -0.536. The van der Waals surface area contributed by atoms with E-state index in [0.29, 0.717) is 5.56 Å². The van der Waals surface area contributed by atoms with Gasteiger partial charge in [0, 0.05) is 11.1 Å². The van der Waals surface area contributed by atoms with Gasteiger partial charge in [0.25, 0.3) is 0 Å². The van der Waals surface area contributed by atoms with Crippen LogP contribution >= 0.6 is 0 Å². The number of amidine groups is 1. The maximum absolute atomic E-state index is 12.5. The first-order valence-electron chi connectivity index (χ1n) is 10.5. The van der Waals surface area contributed by atoms with Crippen LogP contribution in [0.4, 0.5) is 0 Å². The Morgan fingerprint density at radius 2 is 1.81 bits per heavy atom. The van der Waals surface area contributed by atoms with Crippen molar-refractivity contribution in [2.75, 3.05) is 6.61 Å². The van der Waals surface area contributed by atoms with Crippen molar-refractivity contribution in [1.82, 2.24) is 5.48 Å². The number of azo groups is 1. The van der Waals surface area contributed by atoms with E-state index in [1.165, 1.54) is 0 Å². The molecule has 7 nitrogen and oxygen atoms in total. The van der Waals surface area contributed by atoms with Crippen molar-refractivity contribution in [3.63, 3.8) is 0 Å². The van der Waals surface area contributed by atoms with E-state index in [2.05, 4.69) is 17.2 Å². The number of nitrogens with one attached hydrogen (secondary N) is 2. The first-order chi connectivity index (χ1) is 14.9. The molecule has 3 rings (SSSR count). The lowest BCUT2D eigenvalue weighted by molar-refractivity contribution is -0.138. The number of ether oxygens (including phenoxy) is 1. The van der Waals surface area contributed by atoms with Crippen LogP contribution in [0.2, 0.25) is 0 Å². The van der Waals surface area contributed by atoms with Gasteiger partial charge in [-0.2, -0.15) is 5.11 Å². The van der Waals surface area contributed by atoms with Gasteiger partial charge in [-0.3, -0.25) is 16.1 Å². The number of carbonyl (C=O) groups is 1. The van der Waals surface area contributed by atoms with Crippen LogP contribution < -0.4 is 5.48 Å². The fraction of sp³-hybridized carbons (Fsp3) is 0.333. The minimum Gasteiger partial charge on any atom is -0.461 e. The number of esters is 1. The zero-order valence-corrected chi connectivity index (χ0v) is 18.1. The van der Waals surface area contributed by atoms with Crippen molar-refractivity contribution >= 4 is 17.4 Å². The molecule has 1 heterocycles. The smallest absolute Gasteiger partial charge is 0.359 e. The molecule has 0 radical (unpaired) electrons. The standard InChI is InChI=1S/C24H28N4O3/c1-4-6-15-24(3)20(21(26-28-24)23(29)31-5-2)17-13-11-16(12-14-17)18-9-7-8-10-19(18)22(25)27-30/h7-14,30H,4-6,15H2,1-3H3,(H2,25,27).